The minimum absolute atomic E-state index is 0.0668. The first kappa shape index (κ1) is 12.3. The van der Waals surface area contributed by atoms with Crippen LogP contribution in [-0.2, 0) is 9.53 Å². The number of carbonyl (C=O) groups is 1. The summed E-state index contributed by atoms with van der Waals surface area (Å²) >= 11 is 0. The van der Waals surface area contributed by atoms with Crippen LogP contribution in [0.5, 0.6) is 0 Å². The largest absolute Gasteiger partial charge is 0.463 e. The van der Waals surface area contributed by atoms with E-state index in [1.165, 1.54) is 18.5 Å². The summed E-state index contributed by atoms with van der Waals surface area (Å²) in [5.41, 5.74) is 2.79. The smallest absolute Gasteiger partial charge is 0.353 e. The molecule has 0 radical (unpaired) electrons. The number of hydrogen-bond donors (Lipinski definition) is 1. The van der Waals surface area contributed by atoms with E-state index in [0.29, 0.717) is 0 Å². The number of nitrogen functional groups attached to an aromatic ring is 1. The van der Waals surface area contributed by atoms with Gasteiger partial charge in [0.15, 0.2) is 0 Å². The third-order valence-electron chi connectivity index (χ3n) is 2.56. The first-order chi connectivity index (χ1) is 8.47. The minimum atomic E-state index is -2.10. The van der Waals surface area contributed by atoms with Gasteiger partial charge in [-0.05, 0) is 18.6 Å². The topological polar surface area (TPSA) is 87.2 Å². The Morgan fingerprint density at radius 1 is 1.78 bits per heavy atom. The fourth-order valence-corrected chi connectivity index (χ4v) is 1.51. The van der Waals surface area contributed by atoms with Gasteiger partial charge in [-0.15, -0.1) is 0 Å². The Bertz CT molecular complexity index is 581. The van der Waals surface area contributed by atoms with Crippen LogP contribution in [0.4, 0.5) is 10.2 Å². The maximum Gasteiger partial charge on any atom is 0.353 e. The van der Waals surface area contributed by atoms with E-state index in [1.54, 1.807) is 6.92 Å². The summed E-state index contributed by atoms with van der Waals surface area (Å²) in [6, 6.07) is 1.41. The quantitative estimate of drug-likeness (QED) is 0.785. The molecule has 1 heterocycles. The molecule has 96 valence electrons. The van der Waals surface area contributed by atoms with E-state index in [4.69, 9.17) is 5.73 Å². The van der Waals surface area contributed by atoms with Crippen molar-refractivity contribution in [3.05, 3.63) is 28.3 Å². The Morgan fingerprint density at radius 3 is 3.11 bits per heavy atom. The highest BCUT2D eigenvalue weighted by molar-refractivity contribution is 5.91. The second-order valence-electron chi connectivity index (χ2n) is 3.90. The predicted molar refractivity (Wildman–Crippen MR) is 62.3 cm³/mol. The molecule has 1 fully saturated rings. The summed E-state index contributed by atoms with van der Waals surface area (Å²) in [6.07, 6.45) is 2.54. The van der Waals surface area contributed by atoms with Crippen LogP contribution in [0.2, 0.25) is 0 Å². The molecular weight excluding hydrogens is 241 g/mol. The Kier molecular flexibility index (Phi) is 2.90. The van der Waals surface area contributed by atoms with Gasteiger partial charge in [0.05, 0.1) is 6.61 Å². The molecular formula is C11H12FN3O3. The molecule has 1 unspecified atom stereocenters. The van der Waals surface area contributed by atoms with Crippen molar-refractivity contribution < 1.29 is 13.9 Å². The molecule has 1 aliphatic rings. The lowest BCUT2D eigenvalue weighted by atomic mass is 10.3. The highest BCUT2D eigenvalue weighted by Gasteiger charge is 2.58. The third-order valence-corrected chi connectivity index (χ3v) is 2.56. The van der Waals surface area contributed by atoms with Gasteiger partial charge >= 0.3 is 11.7 Å². The molecule has 1 aliphatic carbocycles. The van der Waals surface area contributed by atoms with Gasteiger partial charge < -0.3 is 10.5 Å². The van der Waals surface area contributed by atoms with Gasteiger partial charge in [-0.2, -0.15) is 4.98 Å². The van der Waals surface area contributed by atoms with Crippen LogP contribution in [-0.4, -0.2) is 27.8 Å². The number of nitrogens with two attached hydrogens (primary N) is 1. The molecule has 18 heavy (non-hydrogen) atoms. The van der Waals surface area contributed by atoms with Crippen LogP contribution in [0.1, 0.15) is 13.3 Å². The second kappa shape index (κ2) is 4.25. The number of anilines is 1. The molecule has 0 amide bonds. The van der Waals surface area contributed by atoms with Crippen molar-refractivity contribution in [2.45, 2.75) is 19.0 Å². The van der Waals surface area contributed by atoms with Crippen LogP contribution >= 0.6 is 0 Å². The van der Waals surface area contributed by atoms with Crippen molar-refractivity contribution in [3.63, 3.8) is 0 Å². The maximum atomic E-state index is 13.9. The summed E-state index contributed by atoms with van der Waals surface area (Å²) in [4.78, 5) is 26.2. The van der Waals surface area contributed by atoms with Crippen molar-refractivity contribution in [1.29, 1.82) is 0 Å². The summed E-state index contributed by atoms with van der Waals surface area (Å²) in [6.45, 7) is 1.71. The van der Waals surface area contributed by atoms with Crippen LogP contribution in [0.3, 0.4) is 0 Å². The number of aromatic nitrogens is 2. The molecule has 1 aromatic rings. The first-order valence-electron chi connectivity index (χ1n) is 5.39. The van der Waals surface area contributed by atoms with E-state index in [0.717, 1.165) is 4.57 Å². The molecule has 1 atom stereocenters. The zero-order valence-electron chi connectivity index (χ0n) is 9.72. The summed E-state index contributed by atoms with van der Waals surface area (Å²) in [5, 5.41) is 0. The van der Waals surface area contributed by atoms with E-state index in [1.807, 2.05) is 0 Å². The second-order valence-corrected chi connectivity index (χ2v) is 3.90. The van der Waals surface area contributed by atoms with Crippen LogP contribution in [0, 0.1) is 0 Å². The normalized spacial score (nSPS) is 24.0. The predicted octanol–water partition coefficient (Wildman–Crippen LogP) is 0.342. The van der Waals surface area contributed by atoms with Gasteiger partial charge in [0.2, 0.25) is 5.67 Å². The van der Waals surface area contributed by atoms with Gasteiger partial charge in [0.25, 0.3) is 0 Å². The summed E-state index contributed by atoms with van der Waals surface area (Å²) in [5.74, 6) is -0.838. The standard InChI is InChI=1S/C11H12FN3O3/c1-2-18-9(16)11(12)5-7(11)6-15-4-3-8(13)14-10(15)17/h3-4,6H,2,5H2,1H3,(H2,13,14,17)/b7-6-. The number of nitrogens with zero attached hydrogens (tertiary/aromatic N) is 2. The number of alkyl halides is 1. The molecule has 0 aromatic carbocycles. The van der Waals surface area contributed by atoms with Crippen LogP contribution < -0.4 is 11.4 Å². The maximum absolute atomic E-state index is 13.9. The molecule has 0 saturated heterocycles. The number of ether oxygens (including phenoxy) is 1. The van der Waals surface area contributed by atoms with Crippen molar-refractivity contribution in [1.82, 2.24) is 9.55 Å². The molecule has 0 bridgehead atoms. The fraction of sp³-hybridized carbons (Fsp3) is 0.364. The summed E-state index contributed by atoms with van der Waals surface area (Å²) in [7, 11) is 0. The lowest BCUT2D eigenvalue weighted by Crippen LogP contribution is -2.22. The first-order valence-corrected chi connectivity index (χ1v) is 5.39. The van der Waals surface area contributed by atoms with Crippen LogP contribution in [0.15, 0.2) is 22.6 Å². The van der Waals surface area contributed by atoms with E-state index in [2.05, 4.69) is 9.72 Å². The van der Waals surface area contributed by atoms with Crippen LogP contribution in [0.25, 0.3) is 6.20 Å². The zero-order chi connectivity index (χ0) is 13.3. The average Bonchev–Trinajstić information content (AvgIpc) is 2.96. The van der Waals surface area contributed by atoms with Gasteiger partial charge in [0, 0.05) is 18.8 Å². The lowest BCUT2D eigenvalue weighted by molar-refractivity contribution is -0.150. The van der Waals surface area contributed by atoms with Crippen molar-refractivity contribution in [2.75, 3.05) is 12.3 Å². The molecule has 0 aliphatic heterocycles. The Balaban J connectivity index is 2.22. The Hall–Kier alpha value is -2.18. The molecule has 1 saturated carbocycles. The number of rotatable bonds is 3. The van der Waals surface area contributed by atoms with Gasteiger partial charge in [0.1, 0.15) is 5.82 Å². The number of hydrogen-bond acceptors (Lipinski definition) is 5. The number of carbonyl (C=O) groups excluding carboxylic acids is 1. The highest BCUT2D eigenvalue weighted by Crippen LogP contribution is 2.47. The van der Waals surface area contributed by atoms with E-state index in [9.17, 15) is 14.0 Å². The monoisotopic (exact) mass is 253 g/mol. The lowest BCUT2D eigenvalue weighted by Gasteiger charge is -2.03. The molecule has 6 nitrogen and oxygen atoms in total. The number of halogens is 1. The molecule has 7 heteroatoms. The fourth-order valence-electron chi connectivity index (χ4n) is 1.51. The van der Waals surface area contributed by atoms with Gasteiger partial charge in [-0.3, -0.25) is 4.57 Å². The minimum Gasteiger partial charge on any atom is -0.463 e. The Morgan fingerprint density at radius 2 is 2.50 bits per heavy atom. The van der Waals surface area contributed by atoms with E-state index < -0.39 is 17.3 Å². The van der Waals surface area contributed by atoms with E-state index in [-0.39, 0.29) is 24.4 Å². The third kappa shape index (κ3) is 2.11. The van der Waals surface area contributed by atoms with Gasteiger partial charge in [-0.1, -0.05) is 0 Å². The van der Waals surface area contributed by atoms with Gasteiger partial charge in [-0.25, -0.2) is 14.0 Å². The summed E-state index contributed by atoms with van der Waals surface area (Å²) < 4.78 is 19.6. The number of esters is 1. The van der Waals surface area contributed by atoms with E-state index >= 15 is 0 Å². The SMILES string of the molecule is CCOC(=O)C1(F)C/C1=C/n1ccc(N)nc1=O. The molecule has 2 N–H and O–H groups in total. The average molecular weight is 253 g/mol. The highest BCUT2D eigenvalue weighted by atomic mass is 19.1. The molecule has 0 spiro atoms. The zero-order valence-corrected chi connectivity index (χ0v) is 9.72. The van der Waals surface area contributed by atoms with Crippen molar-refractivity contribution >= 4 is 18.0 Å². The Labute approximate surface area is 102 Å². The van der Waals surface area contributed by atoms with Crippen molar-refractivity contribution in [2.24, 2.45) is 0 Å². The van der Waals surface area contributed by atoms with Crippen molar-refractivity contribution in [3.8, 4) is 0 Å². The molecule has 2 rings (SSSR count). The molecule has 1 aromatic heterocycles.